The van der Waals surface area contributed by atoms with E-state index in [4.69, 9.17) is 16.3 Å². The molecule has 2 rings (SSSR count). The van der Waals surface area contributed by atoms with E-state index < -0.39 is 0 Å². The molecule has 0 saturated carbocycles. The Kier molecular flexibility index (Phi) is 5.45. The number of aryl methyl sites for hydroxylation is 2. The van der Waals surface area contributed by atoms with Crippen LogP contribution in [-0.2, 0) is 6.61 Å². The first-order valence-electron chi connectivity index (χ1n) is 7.18. The minimum Gasteiger partial charge on any atom is -0.488 e. The zero-order valence-electron chi connectivity index (χ0n) is 12.7. The summed E-state index contributed by atoms with van der Waals surface area (Å²) >= 11 is 6.03. The van der Waals surface area contributed by atoms with Gasteiger partial charge in [0.1, 0.15) is 18.2 Å². The predicted octanol–water partition coefficient (Wildman–Crippen LogP) is 4.75. The minimum atomic E-state index is 0.504. The Morgan fingerprint density at radius 2 is 1.90 bits per heavy atom. The molecule has 0 radical (unpaired) electrons. The van der Waals surface area contributed by atoms with E-state index in [1.54, 1.807) is 0 Å². The van der Waals surface area contributed by atoms with Crippen LogP contribution in [0.5, 0.6) is 5.75 Å². The van der Waals surface area contributed by atoms with Crippen LogP contribution in [0.15, 0.2) is 30.5 Å². The van der Waals surface area contributed by atoms with Crippen molar-refractivity contribution in [3.05, 3.63) is 52.2 Å². The van der Waals surface area contributed by atoms with Crippen LogP contribution in [0.3, 0.4) is 0 Å². The average Bonchev–Trinajstić information content (AvgIpc) is 2.45. The lowest BCUT2D eigenvalue weighted by atomic mass is 10.1. The van der Waals surface area contributed by atoms with Crippen molar-refractivity contribution in [2.75, 3.05) is 11.9 Å². The van der Waals surface area contributed by atoms with Crippen LogP contribution in [0.25, 0.3) is 0 Å². The highest BCUT2D eigenvalue weighted by molar-refractivity contribution is 6.30. The first kappa shape index (κ1) is 15.6. The van der Waals surface area contributed by atoms with Crippen molar-refractivity contribution in [2.24, 2.45) is 0 Å². The fourth-order valence-corrected chi connectivity index (χ4v) is 2.48. The fourth-order valence-electron chi connectivity index (χ4n) is 2.15. The molecule has 112 valence electrons. The summed E-state index contributed by atoms with van der Waals surface area (Å²) in [5, 5.41) is 3.99. The molecule has 2 aromatic rings. The van der Waals surface area contributed by atoms with Crippen LogP contribution in [0, 0.1) is 13.8 Å². The van der Waals surface area contributed by atoms with Crippen LogP contribution in [0.4, 0.5) is 5.82 Å². The first-order valence-corrected chi connectivity index (χ1v) is 7.56. The van der Waals surface area contributed by atoms with Crippen molar-refractivity contribution in [3.8, 4) is 5.75 Å². The largest absolute Gasteiger partial charge is 0.488 e. The van der Waals surface area contributed by atoms with Gasteiger partial charge in [0.25, 0.3) is 0 Å². The molecular formula is C17H21ClN2O. The van der Waals surface area contributed by atoms with Gasteiger partial charge >= 0.3 is 0 Å². The maximum absolute atomic E-state index is 6.03. The van der Waals surface area contributed by atoms with Gasteiger partial charge < -0.3 is 10.1 Å². The van der Waals surface area contributed by atoms with Gasteiger partial charge in [-0.25, -0.2) is 4.98 Å². The van der Waals surface area contributed by atoms with Gasteiger partial charge in [-0.05, 0) is 49.6 Å². The third-order valence-corrected chi connectivity index (χ3v) is 3.41. The quantitative estimate of drug-likeness (QED) is 0.836. The van der Waals surface area contributed by atoms with Gasteiger partial charge in [-0.3, -0.25) is 0 Å². The number of pyridine rings is 1. The van der Waals surface area contributed by atoms with Crippen LogP contribution in [0.1, 0.15) is 30.0 Å². The molecule has 0 aliphatic carbocycles. The molecular weight excluding hydrogens is 284 g/mol. The molecule has 1 N–H and O–H groups in total. The van der Waals surface area contributed by atoms with Gasteiger partial charge in [0, 0.05) is 23.3 Å². The fraction of sp³-hybridized carbons (Fsp3) is 0.353. The van der Waals surface area contributed by atoms with Gasteiger partial charge in [-0.15, -0.1) is 0 Å². The number of rotatable bonds is 6. The molecule has 0 bridgehead atoms. The van der Waals surface area contributed by atoms with Gasteiger partial charge in [0.15, 0.2) is 0 Å². The van der Waals surface area contributed by atoms with E-state index in [2.05, 4.69) is 17.2 Å². The van der Waals surface area contributed by atoms with E-state index in [0.717, 1.165) is 46.2 Å². The number of nitrogens with zero attached hydrogens (tertiary/aromatic N) is 1. The summed E-state index contributed by atoms with van der Waals surface area (Å²) in [6, 6.07) is 7.85. The molecule has 4 heteroatoms. The molecule has 1 aromatic carbocycles. The zero-order chi connectivity index (χ0) is 15.2. The Morgan fingerprint density at radius 3 is 2.48 bits per heavy atom. The molecule has 0 atom stereocenters. The molecule has 0 fully saturated rings. The minimum absolute atomic E-state index is 0.504. The molecule has 1 heterocycles. The second-order valence-corrected chi connectivity index (χ2v) is 5.57. The molecule has 0 aliphatic heterocycles. The Morgan fingerprint density at radius 1 is 1.19 bits per heavy atom. The van der Waals surface area contributed by atoms with Gasteiger partial charge in [-0.2, -0.15) is 0 Å². The number of ether oxygens (including phenoxy) is 1. The van der Waals surface area contributed by atoms with Gasteiger partial charge in [0.05, 0.1) is 0 Å². The number of halogens is 1. The Hall–Kier alpha value is -1.74. The maximum Gasteiger partial charge on any atom is 0.125 e. The molecule has 0 unspecified atom stereocenters. The lowest BCUT2D eigenvalue weighted by molar-refractivity contribution is 0.301. The van der Waals surface area contributed by atoms with Gasteiger partial charge in [0.2, 0.25) is 0 Å². The monoisotopic (exact) mass is 304 g/mol. The van der Waals surface area contributed by atoms with Crippen LogP contribution in [-0.4, -0.2) is 11.5 Å². The highest BCUT2D eigenvalue weighted by Gasteiger charge is 2.06. The number of hydrogen-bond acceptors (Lipinski definition) is 3. The van der Waals surface area contributed by atoms with E-state index in [1.165, 1.54) is 0 Å². The van der Waals surface area contributed by atoms with Gasteiger partial charge in [-0.1, -0.05) is 24.6 Å². The molecule has 21 heavy (non-hydrogen) atoms. The van der Waals surface area contributed by atoms with E-state index in [1.807, 2.05) is 44.3 Å². The number of benzene rings is 1. The van der Waals surface area contributed by atoms with E-state index in [9.17, 15) is 0 Å². The molecule has 0 saturated heterocycles. The van der Waals surface area contributed by atoms with Crippen molar-refractivity contribution >= 4 is 17.4 Å². The number of aromatic nitrogens is 1. The number of hydrogen-bond donors (Lipinski definition) is 1. The van der Waals surface area contributed by atoms with Crippen molar-refractivity contribution in [3.63, 3.8) is 0 Å². The van der Waals surface area contributed by atoms with Crippen molar-refractivity contribution in [2.45, 2.75) is 33.8 Å². The molecule has 3 nitrogen and oxygen atoms in total. The number of anilines is 1. The molecule has 0 amide bonds. The first-order chi connectivity index (χ1) is 10.1. The SMILES string of the molecule is CCCNc1ccc(COc2c(C)cc(Cl)cc2C)cn1. The number of nitrogens with one attached hydrogen (secondary N) is 1. The lowest BCUT2D eigenvalue weighted by Gasteiger charge is -2.13. The maximum atomic E-state index is 6.03. The van der Waals surface area contributed by atoms with Crippen molar-refractivity contribution < 1.29 is 4.74 Å². The van der Waals surface area contributed by atoms with E-state index in [-0.39, 0.29) is 0 Å². The second kappa shape index (κ2) is 7.32. The smallest absolute Gasteiger partial charge is 0.125 e. The summed E-state index contributed by atoms with van der Waals surface area (Å²) in [5.74, 6) is 1.80. The highest BCUT2D eigenvalue weighted by Crippen LogP contribution is 2.27. The molecule has 0 aliphatic rings. The average molecular weight is 305 g/mol. The standard InChI is InChI=1S/C17H21ClN2O/c1-4-7-19-16-6-5-14(10-20-16)11-21-17-12(2)8-15(18)9-13(17)3/h5-6,8-10H,4,7,11H2,1-3H3,(H,19,20). The van der Waals surface area contributed by atoms with Crippen LogP contribution in [0.2, 0.25) is 5.02 Å². The summed E-state index contributed by atoms with van der Waals surface area (Å²) in [6.45, 7) is 7.58. The third kappa shape index (κ3) is 4.36. The zero-order valence-corrected chi connectivity index (χ0v) is 13.5. The van der Waals surface area contributed by atoms with Crippen molar-refractivity contribution in [1.82, 2.24) is 4.98 Å². The third-order valence-electron chi connectivity index (χ3n) is 3.19. The summed E-state index contributed by atoms with van der Waals surface area (Å²) in [5.41, 5.74) is 3.15. The van der Waals surface area contributed by atoms with Crippen LogP contribution < -0.4 is 10.1 Å². The highest BCUT2D eigenvalue weighted by atomic mass is 35.5. The topological polar surface area (TPSA) is 34.1 Å². The second-order valence-electron chi connectivity index (χ2n) is 5.14. The van der Waals surface area contributed by atoms with E-state index in [0.29, 0.717) is 6.61 Å². The van der Waals surface area contributed by atoms with E-state index >= 15 is 0 Å². The van der Waals surface area contributed by atoms with Crippen LogP contribution >= 0.6 is 11.6 Å². The predicted molar refractivity (Wildman–Crippen MR) is 88.3 cm³/mol. The summed E-state index contributed by atoms with van der Waals surface area (Å²) in [7, 11) is 0. The normalized spacial score (nSPS) is 10.5. The molecule has 1 aromatic heterocycles. The van der Waals surface area contributed by atoms with Crippen molar-refractivity contribution in [1.29, 1.82) is 0 Å². The Bertz CT molecular complexity index is 573. The lowest BCUT2D eigenvalue weighted by Crippen LogP contribution is -2.03. The Balaban J connectivity index is 2.00. The summed E-state index contributed by atoms with van der Waals surface area (Å²) in [4.78, 5) is 4.38. The molecule has 0 spiro atoms. The Labute approximate surface area is 131 Å². The summed E-state index contributed by atoms with van der Waals surface area (Å²) in [6.07, 6.45) is 2.93. The summed E-state index contributed by atoms with van der Waals surface area (Å²) < 4.78 is 5.91.